The van der Waals surface area contributed by atoms with E-state index in [-0.39, 0.29) is 36.1 Å². The summed E-state index contributed by atoms with van der Waals surface area (Å²) in [7, 11) is 0. The van der Waals surface area contributed by atoms with Crippen molar-refractivity contribution in [1.82, 2.24) is 19.5 Å². The van der Waals surface area contributed by atoms with Crippen LogP contribution in [0.1, 0.15) is 24.4 Å². The van der Waals surface area contributed by atoms with E-state index < -0.39 is 11.9 Å². The van der Waals surface area contributed by atoms with Gasteiger partial charge in [-0.15, -0.1) is 12.4 Å². The predicted octanol–water partition coefficient (Wildman–Crippen LogP) is 4.70. The second kappa shape index (κ2) is 9.74. The largest absolute Gasteiger partial charge is 0.474 e. The average Bonchev–Trinajstić information content (AvgIpc) is 3.38. The number of carbonyl (C=O) groups is 1. The summed E-state index contributed by atoms with van der Waals surface area (Å²) in [5, 5.41) is 7.00. The van der Waals surface area contributed by atoms with Gasteiger partial charge in [0.05, 0.1) is 12.0 Å². The summed E-state index contributed by atoms with van der Waals surface area (Å²) >= 11 is 0. The zero-order valence-corrected chi connectivity index (χ0v) is 20.7. The van der Waals surface area contributed by atoms with E-state index in [2.05, 4.69) is 25.6 Å². The molecule has 6 rings (SSSR count). The fraction of sp³-hybridized carbons (Fsp3) is 0.280. The van der Waals surface area contributed by atoms with Crippen LogP contribution >= 0.6 is 12.4 Å². The molecule has 1 aliphatic carbocycles. The monoisotopic (exact) mass is 525 g/mol. The number of fused-ring (bicyclic) bond motifs is 2. The van der Waals surface area contributed by atoms with Crippen molar-refractivity contribution < 1.29 is 18.7 Å². The van der Waals surface area contributed by atoms with E-state index in [9.17, 15) is 4.79 Å². The van der Waals surface area contributed by atoms with Crippen molar-refractivity contribution in [1.29, 1.82) is 0 Å². The van der Waals surface area contributed by atoms with Gasteiger partial charge in [-0.05, 0) is 30.0 Å². The molecule has 0 atom stereocenters. The summed E-state index contributed by atoms with van der Waals surface area (Å²) in [6.07, 6.45) is 9.09. The first kappa shape index (κ1) is 24.6. The first-order chi connectivity index (χ1) is 17.5. The number of hydrogen-bond donors (Lipinski definition) is 3. The second-order valence-corrected chi connectivity index (χ2v) is 8.98. The Labute approximate surface area is 217 Å². The lowest BCUT2D eigenvalue weighted by atomic mass is 9.89. The van der Waals surface area contributed by atoms with E-state index in [1.807, 2.05) is 17.7 Å². The van der Waals surface area contributed by atoms with Crippen LogP contribution in [0.2, 0.25) is 0 Å². The Hall–Kier alpha value is -4.12. The number of rotatable bonds is 4. The molecule has 0 spiro atoms. The van der Waals surface area contributed by atoms with Gasteiger partial charge in [0.1, 0.15) is 24.2 Å². The summed E-state index contributed by atoms with van der Waals surface area (Å²) < 4.78 is 28.4. The number of ether oxygens (including phenoxy) is 2. The van der Waals surface area contributed by atoms with Gasteiger partial charge in [0.2, 0.25) is 5.88 Å². The van der Waals surface area contributed by atoms with Crippen LogP contribution in [0, 0.1) is 12.7 Å². The van der Waals surface area contributed by atoms with Gasteiger partial charge in [0.25, 0.3) is 0 Å². The lowest BCUT2D eigenvalue weighted by molar-refractivity contribution is 0.0293. The summed E-state index contributed by atoms with van der Waals surface area (Å²) in [5.41, 5.74) is 8.57. The van der Waals surface area contributed by atoms with E-state index in [1.165, 1.54) is 6.20 Å². The van der Waals surface area contributed by atoms with E-state index in [4.69, 9.17) is 15.2 Å². The van der Waals surface area contributed by atoms with Gasteiger partial charge < -0.3 is 25.1 Å². The number of pyridine rings is 2. The molecule has 1 amide bonds. The van der Waals surface area contributed by atoms with Gasteiger partial charge in [-0.3, -0.25) is 5.32 Å². The maximum absolute atomic E-state index is 15.3. The van der Waals surface area contributed by atoms with Gasteiger partial charge in [0, 0.05) is 66.7 Å². The highest BCUT2D eigenvalue weighted by molar-refractivity contribution is 5.99. The molecule has 12 heteroatoms. The smallest absolute Gasteiger partial charge is 0.413 e. The molecule has 1 aromatic carbocycles. The zero-order valence-electron chi connectivity index (χ0n) is 19.9. The highest BCUT2D eigenvalue weighted by atomic mass is 35.5. The van der Waals surface area contributed by atoms with Gasteiger partial charge in [-0.2, -0.15) is 0 Å². The molecule has 0 saturated heterocycles. The molecule has 0 radical (unpaired) electrons. The number of hydrogen-bond acceptors (Lipinski definition) is 8. The molecule has 10 nitrogen and oxygen atoms in total. The van der Waals surface area contributed by atoms with Crippen LogP contribution in [-0.4, -0.2) is 44.9 Å². The van der Waals surface area contributed by atoms with Crippen LogP contribution < -0.4 is 21.1 Å². The number of nitrogens with two attached hydrogens (primary N) is 1. The van der Waals surface area contributed by atoms with Crippen molar-refractivity contribution in [2.24, 2.45) is 0 Å². The topological polar surface area (TPSA) is 129 Å². The van der Waals surface area contributed by atoms with Gasteiger partial charge in [0.15, 0.2) is 5.82 Å². The first-order valence-corrected chi connectivity index (χ1v) is 11.7. The first-order valence-electron chi connectivity index (χ1n) is 11.7. The molecule has 192 valence electrons. The van der Waals surface area contributed by atoms with Crippen LogP contribution in [0.4, 0.5) is 26.4 Å². The number of amides is 1. The zero-order chi connectivity index (χ0) is 24.8. The average molecular weight is 526 g/mol. The van der Waals surface area contributed by atoms with Gasteiger partial charge in [-0.25, -0.2) is 24.1 Å². The van der Waals surface area contributed by atoms with E-state index in [0.717, 1.165) is 24.1 Å². The van der Waals surface area contributed by atoms with E-state index >= 15 is 4.39 Å². The van der Waals surface area contributed by atoms with Gasteiger partial charge >= 0.3 is 6.09 Å². The number of nitrogen functional groups attached to an aromatic ring is 1. The maximum Gasteiger partial charge on any atom is 0.413 e. The Bertz CT molecular complexity index is 1480. The molecule has 0 bridgehead atoms. The van der Waals surface area contributed by atoms with Crippen molar-refractivity contribution >= 4 is 46.5 Å². The number of nitrogens with zero attached hydrogens (tertiary/aromatic N) is 4. The van der Waals surface area contributed by atoms with E-state index in [0.29, 0.717) is 40.9 Å². The summed E-state index contributed by atoms with van der Waals surface area (Å²) in [5.74, 6) is 0.224. The lowest BCUT2D eigenvalue weighted by Gasteiger charge is -2.35. The molecule has 0 unspecified atom stereocenters. The molecule has 2 aliphatic rings. The maximum atomic E-state index is 15.3. The number of benzene rings is 1. The summed E-state index contributed by atoms with van der Waals surface area (Å²) in [6.45, 7) is 3.04. The minimum absolute atomic E-state index is 0. The Balaban J connectivity index is 0.00000280. The van der Waals surface area contributed by atoms with Crippen molar-refractivity contribution in [3.63, 3.8) is 0 Å². The highest BCUT2D eigenvalue weighted by Gasteiger charge is 2.33. The van der Waals surface area contributed by atoms with Crippen molar-refractivity contribution in [3.8, 4) is 17.0 Å². The Morgan fingerprint density at radius 3 is 2.89 bits per heavy atom. The van der Waals surface area contributed by atoms with Gasteiger partial charge in [-0.1, -0.05) is 0 Å². The quantitative estimate of drug-likeness (QED) is 0.327. The Morgan fingerprint density at radius 1 is 1.27 bits per heavy atom. The number of imidazole rings is 1. The Morgan fingerprint density at radius 2 is 2.11 bits per heavy atom. The SMILES string of the molecule is Cc1c(-c2cc3cc(NC(=O)OC4CC(n5ccnc5)C4)ncc3c(N)c2F)cnc2c1NCCO2.Cl. The third-order valence-electron chi connectivity index (χ3n) is 6.76. The molecule has 4 aromatic rings. The molecule has 3 aromatic heterocycles. The number of halogens is 2. The van der Waals surface area contributed by atoms with E-state index in [1.54, 1.807) is 30.9 Å². The number of aromatic nitrogens is 4. The minimum atomic E-state index is -0.591. The highest BCUT2D eigenvalue weighted by Crippen LogP contribution is 2.40. The van der Waals surface area contributed by atoms with Crippen LogP contribution in [0.5, 0.6) is 5.88 Å². The molecule has 4 heterocycles. The number of nitrogens with one attached hydrogen (secondary N) is 2. The molecular formula is C25H25ClFN7O3. The molecule has 4 N–H and O–H groups in total. The molecular weight excluding hydrogens is 501 g/mol. The van der Waals surface area contributed by atoms with Crippen molar-refractivity contribution in [2.75, 3.05) is 29.5 Å². The predicted molar refractivity (Wildman–Crippen MR) is 140 cm³/mol. The molecule has 1 fully saturated rings. The third kappa shape index (κ3) is 4.46. The van der Waals surface area contributed by atoms with Crippen molar-refractivity contribution in [2.45, 2.75) is 31.9 Å². The normalized spacial score (nSPS) is 18.0. The number of anilines is 3. The van der Waals surface area contributed by atoms with Crippen molar-refractivity contribution in [3.05, 3.63) is 54.6 Å². The standard InChI is InChI=1S/C25H24FN7O3.ClH/c1-13-18(10-31-24-23(13)29-3-5-35-24)17-6-14-7-20(30-11-19(14)22(27)21(17)26)32-25(34)36-16-8-15(9-16)33-4-2-28-12-33;/h2,4,6-7,10-12,15-16,29H,3,5,8-9,27H2,1H3,(H,30,32,34);1H. The Kier molecular flexibility index (Phi) is 6.46. The van der Waals surface area contributed by atoms with Crippen LogP contribution in [0.3, 0.4) is 0 Å². The lowest BCUT2D eigenvalue weighted by Crippen LogP contribution is -2.35. The fourth-order valence-electron chi connectivity index (χ4n) is 4.70. The third-order valence-corrected chi connectivity index (χ3v) is 6.76. The molecule has 37 heavy (non-hydrogen) atoms. The van der Waals surface area contributed by atoms with Crippen LogP contribution in [0.25, 0.3) is 21.9 Å². The minimum Gasteiger partial charge on any atom is -0.474 e. The van der Waals surface area contributed by atoms with Crippen LogP contribution in [-0.2, 0) is 4.74 Å². The molecule has 1 saturated carbocycles. The van der Waals surface area contributed by atoms with Crippen LogP contribution in [0.15, 0.2) is 43.2 Å². The second-order valence-electron chi connectivity index (χ2n) is 8.98. The summed E-state index contributed by atoms with van der Waals surface area (Å²) in [6, 6.07) is 3.61. The fourth-order valence-corrected chi connectivity index (χ4v) is 4.70. The molecule has 1 aliphatic heterocycles. The summed E-state index contributed by atoms with van der Waals surface area (Å²) in [4.78, 5) is 25.0. The number of carbonyl (C=O) groups excluding carboxylic acids is 1.